The van der Waals surface area contributed by atoms with E-state index in [1.54, 1.807) is 48.5 Å². The fraction of sp³-hybridized carbons (Fsp3) is 0.316. The number of amides is 1. The number of hydroxylamine groups is 2. The SMILES string of the molecule is CC1CC(=O)N(O)C(COc2ccc(Oc3ccc(Cl)cc3)cc2)C1. The Hall–Kier alpha value is -2.24. The van der Waals surface area contributed by atoms with Gasteiger partial charge in [0.25, 0.3) is 0 Å². The number of hydrogen-bond acceptors (Lipinski definition) is 4. The molecule has 1 saturated heterocycles. The fourth-order valence-electron chi connectivity index (χ4n) is 2.82. The lowest BCUT2D eigenvalue weighted by molar-refractivity contribution is -0.188. The van der Waals surface area contributed by atoms with E-state index in [1.165, 1.54) is 0 Å². The minimum atomic E-state index is -0.318. The first-order valence-electron chi connectivity index (χ1n) is 8.18. The van der Waals surface area contributed by atoms with Crippen LogP contribution in [0.5, 0.6) is 17.2 Å². The van der Waals surface area contributed by atoms with Crippen LogP contribution in [0.2, 0.25) is 5.02 Å². The van der Waals surface area contributed by atoms with Crippen LogP contribution in [-0.2, 0) is 4.79 Å². The van der Waals surface area contributed by atoms with Gasteiger partial charge in [0.1, 0.15) is 23.9 Å². The van der Waals surface area contributed by atoms with Gasteiger partial charge in [0.2, 0.25) is 5.91 Å². The zero-order valence-electron chi connectivity index (χ0n) is 13.9. The maximum atomic E-state index is 11.7. The molecule has 0 aliphatic carbocycles. The lowest BCUT2D eigenvalue weighted by Crippen LogP contribution is -2.46. The Morgan fingerprint density at radius 3 is 2.28 bits per heavy atom. The molecule has 5 nitrogen and oxygen atoms in total. The Labute approximate surface area is 151 Å². The molecule has 3 rings (SSSR count). The normalized spacial score (nSPS) is 20.4. The van der Waals surface area contributed by atoms with Crippen molar-refractivity contribution in [2.45, 2.75) is 25.8 Å². The monoisotopic (exact) mass is 361 g/mol. The zero-order chi connectivity index (χ0) is 17.8. The van der Waals surface area contributed by atoms with Crippen molar-refractivity contribution in [3.05, 3.63) is 53.6 Å². The fourth-order valence-corrected chi connectivity index (χ4v) is 2.94. The topological polar surface area (TPSA) is 59.0 Å². The van der Waals surface area contributed by atoms with Gasteiger partial charge in [0.15, 0.2) is 0 Å². The molecule has 2 aromatic rings. The Morgan fingerprint density at radius 2 is 1.64 bits per heavy atom. The van der Waals surface area contributed by atoms with Crippen LogP contribution in [0.15, 0.2) is 48.5 Å². The van der Waals surface area contributed by atoms with Crippen LogP contribution in [0.3, 0.4) is 0 Å². The number of piperidine rings is 1. The maximum absolute atomic E-state index is 11.7. The molecule has 1 aliphatic heterocycles. The van der Waals surface area contributed by atoms with Gasteiger partial charge < -0.3 is 9.47 Å². The Balaban J connectivity index is 1.55. The second kappa shape index (κ2) is 7.76. The summed E-state index contributed by atoms with van der Waals surface area (Å²) in [6, 6.07) is 14.0. The van der Waals surface area contributed by atoms with E-state index in [1.807, 2.05) is 6.92 Å². The Morgan fingerprint density at radius 1 is 1.08 bits per heavy atom. The van der Waals surface area contributed by atoms with Gasteiger partial charge in [-0.25, -0.2) is 5.06 Å². The largest absolute Gasteiger partial charge is 0.491 e. The molecule has 1 aliphatic rings. The number of benzene rings is 2. The number of halogens is 1. The highest BCUT2D eigenvalue weighted by atomic mass is 35.5. The van der Waals surface area contributed by atoms with Gasteiger partial charge in [-0.2, -0.15) is 0 Å². The lowest BCUT2D eigenvalue weighted by Gasteiger charge is -2.33. The molecule has 0 saturated carbocycles. The molecule has 1 heterocycles. The molecule has 1 N–H and O–H groups in total. The third kappa shape index (κ3) is 4.65. The van der Waals surface area contributed by atoms with E-state index < -0.39 is 0 Å². The molecule has 0 spiro atoms. The summed E-state index contributed by atoms with van der Waals surface area (Å²) in [5.41, 5.74) is 0. The summed E-state index contributed by atoms with van der Waals surface area (Å²) in [4.78, 5) is 11.7. The highest BCUT2D eigenvalue weighted by molar-refractivity contribution is 6.30. The quantitative estimate of drug-likeness (QED) is 0.795. The van der Waals surface area contributed by atoms with Crippen LogP contribution in [0.25, 0.3) is 0 Å². The molecule has 0 aromatic heterocycles. The van der Waals surface area contributed by atoms with E-state index in [0.717, 1.165) is 11.5 Å². The van der Waals surface area contributed by atoms with E-state index in [4.69, 9.17) is 21.1 Å². The van der Waals surface area contributed by atoms with Crippen LogP contribution in [0, 0.1) is 5.92 Å². The molecule has 1 fully saturated rings. The summed E-state index contributed by atoms with van der Waals surface area (Å²) >= 11 is 5.85. The van der Waals surface area contributed by atoms with Crippen LogP contribution in [0.1, 0.15) is 19.8 Å². The summed E-state index contributed by atoms with van der Waals surface area (Å²) in [5, 5.41) is 11.3. The van der Waals surface area contributed by atoms with E-state index in [2.05, 4.69) is 0 Å². The van der Waals surface area contributed by atoms with Crippen molar-refractivity contribution in [3.8, 4) is 17.2 Å². The van der Waals surface area contributed by atoms with Crippen LogP contribution in [0.4, 0.5) is 0 Å². The van der Waals surface area contributed by atoms with Crippen molar-refractivity contribution >= 4 is 17.5 Å². The van der Waals surface area contributed by atoms with Gasteiger partial charge in [-0.15, -0.1) is 0 Å². The maximum Gasteiger partial charge on any atom is 0.246 e. The molecule has 25 heavy (non-hydrogen) atoms. The van der Waals surface area contributed by atoms with Crippen molar-refractivity contribution in [2.24, 2.45) is 5.92 Å². The Bertz CT molecular complexity index is 717. The van der Waals surface area contributed by atoms with Gasteiger partial charge in [-0.05, 0) is 60.9 Å². The first kappa shape index (κ1) is 17.6. The molecule has 2 aromatic carbocycles. The first-order chi connectivity index (χ1) is 12.0. The van der Waals surface area contributed by atoms with Crippen molar-refractivity contribution in [2.75, 3.05) is 6.61 Å². The number of carbonyl (C=O) groups excluding carboxylic acids is 1. The van der Waals surface area contributed by atoms with E-state index in [0.29, 0.717) is 28.7 Å². The summed E-state index contributed by atoms with van der Waals surface area (Å²) < 4.78 is 11.4. The molecule has 1 amide bonds. The van der Waals surface area contributed by atoms with Crippen molar-refractivity contribution < 1.29 is 19.5 Å². The first-order valence-corrected chi connectivity index (χ1v) is 8.56. The number of rotatable bonds is 5. The van der Waals surface area contributed by atoms with E-state index in [9.17, 15) is 10.0 Å². The van der Waals surface area contributed by atoms with Crippen LogP contribution < -0.4 is 9.47 Å². The number of ether oxygens (including phenoxy) is 2. The van der Waals surface area contributed by atoms with Gasteiger partial charge >= 0.3 is 0 Å². The summed E-state index contributed by atoms with van der Waals surface area (Å²) in [6.45, 7) is 2.25. The number of carbonyl (C=O) groups is 1. The summed E-state index contributed by atoms with van der Waals surface area (Å²) in [5.74, 6) is 2.03. The van der Waals surface area contributed by atoms with Crippen molar-refractivity contribution in [3.63, 3.8) is 0 Å². The number of hydrogen-bond donors (Lipinski definition) is 1. The third-order valence-corrected chi connectivity index (χ3v) is 4.37. The van der Waals surface area contributed by atoms with Gasteiger partial charge in [0, 0.05) is 11.4 Å². The van der Waals surface area contributed by atoms with Gasteiger partial charge in [-0.1, -0.05) is 18.5 Å². The molecule has 2 atom stereocenters. The van der Waals surface area contributed by atoms with Gasteiger partial charge in [0.05, 0.1) is 6.04 Å². The van der Waals surface area contributed by atoms with Gasteiger partial charge in [-0.3, -0.25) is 10.0 Å². The lowest BCUT2D eigenvalue weighted by atomic mass is 9.94. The van der Waals surface area contributed by atoms with Crippen molar-refractivity contribution in [1.29, 1.82) is 0 Å². The summed E-state index contributed by atoms with van der Waals surface area (Å²) in [7, 11) is 0. The predicted octanol–water partition coefficient (Wildman–Crippen LogP) is 4.53. The molecule has 0 radical (unpaired) electrons. The predicted molar refractivity (Wildman–Crippen MR) is 94.3 cm³/mol. The van der Waals surface area contributed by atoms with E-state index >= 15 is 0 Å². The number of nitrogens with zero attached hydrogens (tertiary/aromatic N) is 1. The van der Waals surface area contributed by atoms with Crippen LogP contribution >= 0.6 is 11.6 Å². The Kier molecular flexibility index (Phi) is 5.46. The highest BCUT2D eigenvalue weighted by Crippen LogP contribution is 2.26. The average molecular weight is 362 g/mol. The molecule has 132 valence electrons. The second-order valence-corrected chi connectivity index (χ2v) is 6.71. The molecular formula is C19H20ClNO4. The molecule has 0 bridgehead atoms. The van der Waals surface area contributed by atoms with Crippen LogP contribution in [-0.4, -0.2) is 28.8 Å². The van der Waals surface area contributed by atoms with E-state index in [-0.39, 0.29) is 24.5 Å². The minimum Gasteiger partial charge on any atom is -0.491 e. The second-order valence-electron chi connectivity index (χ2n) is 6.28. The smallest absolute Gasteiger partial charge is 0.246 e. The van der Waals surface area contributed by atoms with Crippen molar-refractivity contribution in [1.82, 2.24) is 5.06 Å². The highest BCUT2D eigenvalue weighted by Gasteiger charge is 2.31. The molecule has 6 heteroatoms. The molecular weight excluding hydrogens is 342 g/mol. The standard InChI is InChI=1S/C19H20ClNO4/c1-13-10-15(21(23)19(22)11-13)12-24-16-6-8-18(9-7-16)25-17-4-2-14(20)3-5-17/h2-9,13,15,23H,10-12H2,1H3. The minimum absolute atomic E-state index is 0.250. The molecule has 2 unspecified atom stereocenters. The average Bonchev–Trinajstić information content (AvgIpc) is 2.60. The zero-order valence-corrected chi connectivity index (χ0v) is 14.6. The summed E-state index contributed by atoms with van der Waals surface area (Å²) in [6.07, 6.45) is 1.10. The third-order valence-electron chi connectivity index (χ3n) is 4.11.